The molecule has 0 spiro atoms. The Balaban J connectivity index is 2.38. The van der Waals surface area contributed by atoms with Gasteiger partial charge in [-0.3, -0.25) is 4.79 Å². The van der Waals surface area contributed by atoms with E-state index in [1.807, 2.05) is 13.8 Å². The fourth-order valence-corrected chi connectivity index (χ4v) is 4.73. The second-order valence-electron chi connectivity index (χ2n) is 5.62. The van der Waals surface area contributed by atoms with Crippen LogP contribution >= 0.6 is 34.8 Å². The van der Waals surface area contributed by atoms with Crippen molar-refractivity contribution in [2.24, 2.45) is 0 Å². The molecule has 0 aliphatic rings. The molecule has 2 aromatic carbocycles. The second-order valence-corrected chi connectivity index (χ2v) is 10.0. The lowest BCUT2D eigenvalue weighted by molar-refractivity contribution is 0.0948. The van der Waals surface area contributed by atoms with E-state index in [1.54, 1.807) is 36.4 Å². The molecule has 0 aromatic heterocycles. The first-order chi connectivity index (χ1) is 11.5. The van der Waals surface area contributed by atoms with E-state index in [4.69, 9.17) is 34.8 Å². The Morgan fingerprint density at radius 3 is 1.80 bits per heavy atom. The average molecular weight is 421 g/mol. The van der Waals surface area contributed by atoms with Gasteiger partial charge in [-0.25, -0.2) is 8.42 Å². The summed E-state index contributed by atoms with van der Waals surface area (Å²) in [6.45, 7) is 3.69. The number of carbonyl (C=O) groups is 1. The highest BCUT2D eigenvalue weighted by molar-refractivity contribution is 7.92. The summed E-state index contributed by atoms with van der Waals surface area (Å²) in [5, 5.41) is 0.589. The van der Waals surface area contributed by atoms with Gasteiger partial charge in [0, 0.05) is 5.56 Å². The van der Waals surface area contributed by atoms with Gasteiger partial charge in [-0.05, 0) is 38.1 Å². The molecule has 134 valence electrons. The summed E-state index contributed by atoms with van der Waals surface area (Å²) in [7, 11) is -4.11. The predicted octanol–water partition coefficient (Wildman–Crippen LogP) is 4.20. The lowest BCUT2D eigenvalue weighted by atomic mass is 10.1. The highest BCUT2D eigenvalue weighted by Gasteiger charge is 2.44. The van der Waals surface area contributed by atoms with Crippen LogP contribution in [0.5, 0.6) is 0 Å². The Morgan fingerprint density at radius 2 is 1.36 bits per heavy atom. The second kappa shape index (κ2) is 7.54. The summed E-state index contributed by atoms with van der Waals surface area (Å²) in [5.41, 5.74) is 2.11. The van der Waals surface area contributed by atoms with Crippen LogP contribution in [0.2, 0.25) is 0 Å². The minimum Gasteiger partial charge on any atom is -0.332 e. The van der Waals surface area contributed by atoms with Crippen molar-refractivity contribution in [1.29, 1.82) is 0 Å². The number of aryl methyl sites for hydroxylation is 2. The number of benzene rings is 2. The summed E-state index contributed by atoms with van der Waals surface area (Å²) in [4.78, 5) is 12.4. The first-order valence-corrected chi connectivity index (χ1v) is 9.94. The van der Waals surface area contributed by atoms with E-state index in [0.29, 0.717) is 0 Å². The van der Waals surface area contributed by atoms with Crippen LogP contribution in [0.25, 0.3) is 0 Å². The van der Waals surface area contributed by atoms with Gasteiger partial charge < -0.3 is 5.32 Å². The third-order valence-electron chi connectivity index (χ3n) is 3.53. The van der Waals surface area contributed by atoms with Gasteiger partial charge in [-0.2, -0.15) is 0 Å². The summed E-state index contributed by atoms with van der Waals surface area (Å²) >= 11 is 17.6. The zero-order chi connectivity index (χ0) is 18.8. The molecule has 2 aromatic rings. The molecular formula is C17H16Cl3NO3S. The van der Waals surface area contributed by atoms with E-state index in [0.717, 1.165) is 11.1 Å². The number of hydrogen-bond acceptors (Lipinski definition) is 3. The fraction of sp³-hybridized carbons (Fsp3) is 0.235. The summed E-state index contributed by atoms with van der Waals surface area (Å²) < 4.78 is 23.4. The molecule has 0 bridgehead atoms. The van der Waals surface area contributed by atoms with Gasteiger partial charge in [0.1, 0.15) is 0 Å². The number of sulfone groups is 1. The van der Waals surface area contributed by atoms with E-state index in [-0.39, 0.29) is 10.5 Å². The summed E-state index contributed by atoms with van der Waals surface area (Å²) in [6.07, 6.45) is 0. The number of hydrogen-bond donors (Lipinski definition) is 1. The van der Waals surface area contributed by atoms with Crippen molar-refractivity contribution in [3.63, 3.8) is 0 Å². The molecule has 0 heterocycles. The van der Waals surface area contributed by atoms with Crippen LogP contribution < -0.4 is 5.32 Å². The topological polar surface area (TPSA) is 63.2 Å². The molecule has 0 saturated heterocycles. The van der Waals surface area contributed by atoms with Crippen LogP contribution in [0, 0.1) is 13.8 Å². The molecule has 1 amide bonds. The molecule has 8 heteroatoms. The molecule has 1 atom stereocenters. The van der Waals surface area contributed by atoms with Crippen LogP contribution in [-0.2, 0) is 9.84 Å². The Hall–Kier alpha value is -1.27. The molecule has 0 fully saturated rings. The third-order valence-corrected chi connectivity index (χ3v) is 6.60. The van der Waals surface area contributed by atoms with Crippen molar-refractivity contribution in [3.05, 3.63) is 65.2 Å². The molecule has 1 unspecified atom stereocenters. The van der Waals surface area contributed by atoms with Crippen molar-refractivity contribution in [2.45, 2.75) is 27.9 Å². The van der Waals surface area contributed by atoms with Crippen LogP contribution in [0.4, 0.5) is 0 Å². The molecule has 1 N–H and O–H groups in total. The number of nitrogens with one attached hydrogen (secondary N) is 1. The maximum absolute atomic E-state index is 12.8. The van der Waals surface area contributed by atoms with E-state index < -0.39 is 24.9 Å². The van der Waals surface area contributed by atoms with Gasteiger partial charge in [0.25, 0.3) is 5.91 Å². The minimum atomic E-state index is -4.11. The Morgan fingerprint density at radius 1 is 0.920 bits per heavy atom. The lowest BCUT2D eigenvalue weighted by Gasteiger charge is -2.25. The smallest absolute Gasteiger partial charge is 0.252 e. The van der Waals surface area contributed by atoms with Gasteiger partial charge in [0.2, 0.25) is 13.6 Å². The average Bonchev–Trinajstić information content (AvgIpc) is 2.52. The van der Waals surface area contributed by atoms with Crippen LogP contribution in [0.3, 0.4) is 0 Å². The maximum Gasteiger partial charge on any atom is 0.252 e. The Labute approximate surface area is 162 Å². The molecular weight excluding hydrogens is 405 g/mol. The fourth-order valence-electron chi connectivity index (χ4n) is 2.11. The maximum atomic E-state index is 12.8. The largest absolute Gasteiger partial charge is 0.332 e. The van der Waals surface area contributed by atoms with Crippen molar-refractivity contribution in [3.8, 4) is 0 Å². The van der Waals surface area contributed by atoms with Crippen molar-refractivity contribution >= 4 is 50.5 Å². The number of rotatable bonds is 4. The predicted molar refractivity (Wildman–Crippen MR) is 101 cm³/mol. The molecule has 0 radical (unpaired) electrons. The molecule has 25 heavy (non-hydrogen) atoms. The van der Waals surface area contributed by atoms with E-state index in [9.17, 15) is 13.2 Å². The zero-order valence-electron chi connectivity index (χ0n) is 13.5. The van der Waals surface area contributed by atoms with Gasteiger partial charge >= 0.3 is 0 Å². The normalized spacial score (nSPS) is 13.3. The first-order valence-electron chi connectivity index (χ1n) is 7.26. The van der Waals surface area contributed by atoms with Crippen LogP contribution in [0.1, 0.15) is 21.5 Å². The number of alkyl halides is 3. The molecule has 0 aliphatic carbocycles. The molecule has 4 nitrogen and oxygen atoms in total. The number of amides is 1. The van der Waals surface area contributed by atoms with Crippen molar-refractivity contribution in [2.75, 3.05) is 0 Å². The van der Waals surface area contributed by atoms with Crippen LogP contribution in [0.15, 0.2) is 53.4 Å². The Kier molecular flexibility index (Phi) is 6.05. The Bertz CT molecular complexity index is 858. The van der Waals surface area contributed by atoms with Gasteiger partial charge in [0.05, 0.1) is 4.90 Å². The number of carbonyl (C=O) groups excluding carboxylic acids is 1. The van der Waals surface area contributed by atoms with Crippen LogP contribution in [-0.4, -0.2) is 23.5 Å². The monoisotopic (exact) mass is 419 g/mol. The van der Waals surface area contributed by atoms with Crippen molar-refractivity contribution < 1.29 is 13.2 Å². The first kappa shape index (κ1) is 20.0. The van der Waals surface area contributed by atoms with E-state index in [2.05, 4.69) is 5.32 Å². The van der Waals surface area contributed by atoms with E-state index >= 15 is 0 Å². The minimum absolute atomic E-state index is 0.0429. The van der Waals surface area contributed by atoms with Gasteiger partial charge in [-0.1, -0.05) is 70.2 Å². The summed E-state index contributed by atoms with van der Waals surface area (Å²) in [5.74, 6) is -0.646. The lowest BCUT2D eigenvalue weighted by Crippen LogP contribution is -2.49. The van der Waals surface area contributed by atoms with Crippen molar-refractivity contribution in [1.82, 2.24) is 5.32 Å². The summed E-state index contributed by atoms with van der Waals surface area (Å²) in [6, 6.07) is 12.7. The standard InChI is InChI=1S/C17H16Cl3NO3S/c1-11-3-7-13(8-4-11)15(22)21-16(17(18,19)20)25(23,24)14-9-5-12(2)6-10-14/h3-10,16H,1-2H3,(H,21,22). The quantitative estimate of drug-likeness (QED) is 0.754. The molecule has 2 rings (SSSR count). The third kappa shape index (κ3) is 4.88. The zero-order valence-corrected chi connectivity index (χ0v) is 16.5. The van der Waals surface area contributed by atoms with Gasteiger partial charge in [0.15, 0.2) is 5.37 Å². The number of halogens is 3. The SMILES string of the molecule is Cc1ccc(C(=O)NC(C(Cl)(Cl)Cl)S(=O)(=O)c2ccc(C)cc2)cc1. The van der Waals surface area contributed by atoms with E-state index in [1.165, 1.54) is 12.1 Å². The molecule has 0 saturated carbocycles. The highest BCUT2D eigenvalue weighted by atomic mass is 35.6. The molecule has 0 aliphatic heterocycles. The highest BCUT2D eigenvalue weighted by Crippen LogP contribution is 2.36. The van der Waals surface area contributed by atoms with Gasteiger partial charge in [-0.15, -0.1) is 0 Å².